The first-order chi connectivity index (χ1) is 8.84. The maximum atomic E-state index is 12.1. The average molecular weight is 254 g/mol. The number of aromatic nitrogens is 2. The summed E-state index contributed by atoms with van der Waals surface area (Å²) in [6, 6.07) is 13.1. The molecule has 3 rings (SSSR count). The molecular weight excluding hydrogens is 244 g/mol. The Morgan fingerprint density at radius 3 is 2.56 bits per heavy atom. The minimum Gasteiger partial charge on any atom is -0.288 e. The summed E-state index contributed by atoms with van der Waals surface area (Å²) >= 11 is 1.46. The van der Waals surface area contributed by atoms with Gasteiger partial charge in [-0.25, -0.2) is 4.68 Å². The van der Waals surface area contributed by atoms with Gasteiger partial charge in [-0.2, -0.15) is 5.10 Å². The van der Waals surface area contributed by atoms with Gasteiger partial charge >= 0.3 is 0 Å². The monoisotopic (exact) mass is 254 g/mol. The van der Waals surface area contributed by atoms with E-state index in [0.29, 0.717) is 5.56 Å². The lowest BCUT2D eigenvalue weighted by Crippen LogP contribution is -2.00. The zero-order valence-electron chi connectivity index (χ0n) is 9.48. The van der Waals surface area contributed by atoms with E-state index in [2.05, 4.69) is 5.10 Å². The molecule has 88 valence electrons. The maximum Gasteiger partial charge on any atom is 0.202 e. The molecule has 0 bridgehead atoms. The number of nitrogens with zero attached hydrogens (tertiary/aromatic N) is 2. The van der Waals surface area contributed by atoms with E-state index in [1.54, 1.807) is 10.9 Å². The van der Waals surface area contributed by atoms with Crippen LogP contribution in [0.1, 0.15) is 15.2 Å². The molecule has 0 saturated carbocycles. The lowest BCUT2D eigenvalue weighted by molar-refractivity contribution is 0.104. The van der Waals surface area contributed by atoms with Gasteiger partial charge in [-0.05, 0) is 41.8 Å². The van der Waals surface area contributed by atoms with Crippen molar-refractivity contribution < 1.29 is 4.79 Å². The quantitative estimate of drug-likeness (QED) is 0.673. The minimum atomic E-state index is 0.0667. The van der Waals surface area contributed by atoms with Crippen LogP contribution in [0.5, 0.6) is 0 Å². The number of carbonyl (C=O) groups excluding carboxylic acids is 1. The molecule has 0 atom stereocenters. The van der Waals surface area contributed by atoms with Crippen molar-refractivity contribution in [2.75, 3.05) is 0 Å². The smallest absolute Gasteiger partial charge is 0.202 e. The highest BCUT2D eigenvalue weighted by molar-refractivity contribution is 7.12. The predicted octanol–water partition coefficient (Wildman–Crippen LogP) is 3.16. The summed E-state index contributed by atoms with van der Waals surface area (Å²) in [7, 11) is 0. The molecule has 3 nitrogen and oxygen atoms in total. The normalized spacial score (nSPS) is 10.4. The zero-order chi connectivity index (χ0) is 12.4. The molecule has 1 aromatic carbocycles. The Hall–Kier alpha value is -2.20. The number of rotatable bonds is 3. The number of hydrogen-bond donors (Lipinski definition) is 0. The van der Waals surface area contributed by atoms with Gasteiger partial charge in [-0.3, -0.25) is 4.79 Å². The summed E-state index contributed by atoms with van der Waals surface area (Å²) in [4.78, 5) is 12.9. The van der Waals surface area contributed by atoms with Crippen LogP contribution in [0.4, 0.5) is 0 Å². The van der Waals surface area contributed by atoms with Gasteiger partial charge < -0.3 is 0 Å². The number of benzene rings is 1. The molecule has 0 spiro atoms. The molecule has 0 radical (unpaired) electrons. The summed E-state index contributed by atoms with van der Waals surface area (Å²) < 4.78 is 1.76. The van der Waals surface area contributed by atoms with Crippen LogP contribution in [0.2, 0.25) is 0 Å². The molecule has 0 unspecified atom stereocenters. The standard InChI is InChI=1S/C14H10N2OS/c17-14(13-3-1-10-18-13)11-4-6-12(7-5-11)16-9-2-8-15-16/h1-10H. The second-order valence-electron chi connectivity index (χ2n) is 3.80. The zero-order valence-corrected chi connectivity index (χ0v) is 10.3. The average Bonchev–Trinajstić information content (AvgIpc) is 3.11. The van der Waals surface area contributed by atoms with E-state index in [1.807, 2.05) is 54.0 Å². The van der Waals surface area contributed by atoms with Crippen LogP contribution in [0, 0.1) is 0 Å². The fourth-order valence-electron chi connectivity index (χ4n) is 1.74. The maximum absolute atomic E-state index is 12.1. The van der Waals surface area contributed by atoms with Crippen LogP contribution < -0.4 is 0 Å². The van der Waals surface area contributed by atoms with Crippen LogP contribution >= 0.6 is 11.3 Å². The third kappa shape index (κ3) is 1.98. The number of ketones is 1. The van der Waals surface area contributed by atoms with Gasteiger partial charge in [0.15, 0.2) is 0 Å². The Labute approximate surface area is 108 Å². The van der Waals surface area contributed by atoms with E-state index in [0.717, 1.165) is 10.6 Å². The molecule has 2 aromatic heterocycles. The molecule has 0 amide bonds. The molecule has 0 saturated heterocycles. The highest BCUT2D eigenvalue weighted by Gasteiger charge is 2.09. The Morgan fingerprint density at radius 2 is 1.94 bits per heavy atom. The topological polar surface area (TPSA) is 34.9 Å². The number of carbonyl (C=O) groups is 1. The minimum absolute atomic E-state index is 0.0667. The fraction of sp³-hybridized carbons (Fsp3) is 0. The summed E-state index contributed by atoms with van der Waals surface area (Å²) in [5, 5.41) is 6.05. The van der Waals surface area contributed by atoms with E-state index in [4.69, 9.17) is 0 Å². The van der Waals surface area contributed by atoms with Crippen molar-refractivity contribution in [2.45, 2.75) is 0 Å². The fourth-order valence-corrected chi connectivity index (χ4v) is 2.42. The largest absolute Gasteiger partial charge is 0.288 e. The Bertz CT molecular complexity index is 640. The molecule has 0 fully saturated rings. The first-order valence-electron chi connectivity index (χ1n) is 5.53. The first kappa shape index (κ1) is 10.9. The molecule has 0 aliphatic rings. The molecule has 18 heavy (non-hydrogen) atoms. The summed E-state index contributed by atoms with van der Waals surface area (Å²) in [5.74, 6) is 0.0667. The van der Waals surface area contributed by atoms with E-state index >= 15 is 0 Å². The van der Waals surface area contributed by atoms with Crippen LogP contribution in [0.25, 0.3) is 5.69 Å². The molecule has 4 heteroatoms. The van der Waals surface area contributed by atoms with Crippen molar-refractivity contribution in [1.82, 2.24) is 9.78 Å². The van der Waals surface area contributed by atoms with Crippen molar-refractivity contribution in [1.29, 1.82) is 0 Å². The molecular formula is C14H10N2OS. The van der Waals surface area contributed by atoms with Gasteiger partial charge in [0.1, 0.15) is 0 Å². The van der Waals surface area contributed by atoms with Crippen LogP contribution in [0.3, 0.4) is 0 Å². The van der Waals surface area contributed by atoms with Gasteiger partial charge in [0.2, 0.25) is 5.78 Å². The molecule has 0 aliphatic carbocycles. The predicted molar refractivity (Wildman–Crippen MR) is 71.3 cm³/mol. The van der Waals surface area contributed by atoms with Gasteiger partial charge in [0, 0.05) is 18.0 Å². The highest BCUT2D eigenvalue weighted by atomic mass is 32.1. The van der Waals surface area contributed by atoms with E-state index in [-0.39, 0.29) is 5.78 Å². The van der Waals surface area contributed by atoms with Crippen LogP contribution in [-0.4, -0.2) is 15.6 Å². The van der Waals surface area contributed by atoms with Crippen LogP contribution in [0.15, 0.2) is 60.2 Å². The Morgan fingerprint density at radius 1 is 1.11 bits per heavy atom. The Kier molecular flexibility index (Phi) is 2.78. The van der Waals surface area contributed by atoms with Crippen molar-refractivity contribution in [3.8, 4) is 5.69 Å². The molecule has 3 aromatic rings. The van der Waals surface area contributed by atoms with Crippen LogP contribution in [-0.2, 0) is 0 Å². The summed E-state index contributed by atoms with van der Waals surface area (Å²) in [6.45, 7) is 0. The van der Waals surface area contributed by atoms with Gasteiger partial charge in [-0.1, -0.05) is 6.07 Å². The molecule has 2 heterocycles. The van der Waals surface area contributed by atoms with Crippen molar-refractivity contribution in [3.05, 3.63) is 70.7 Å². The first-order valence-corrected chi connectivity index (χ1v) is 6.41. The van der Waals surface area contributed by atoms with E-state index in [9.17, 15) is 4.79 Å². The summed E-state index contributed by atoms with van der Waals surface area (Å²) in [5.41, 5.74) is 1.65. The lowest BCUT2D eigenvalue weighted by Gasteiger charge is -2.02. The number of thiophene rings is 1. The highest BCUT2D eigenvalue weighted by Crippen LogP contribution is 2.16. The van der Waals surface area contributed by atoms with Gasteiger partial charge in [0.25, 0.3) is 0 Å². The van der Waals surface area contributed by atoms with Gasteiger partial charge in [-0.15, -0.1) is 11.3 Å². The summed E-state index contributed by atoms with van der Waals surface area (Å²) in [6.07, 6.45) is 3.60. The molecule has 0 N–H and O–H groups in total. The van der Waals surface area contributed by atoms with Crippen molar-refractivity contribution in [2.24, 2.45) is 0 Å². The second-order valence-corrected chi connectivity index (χ2v) is 4.75. The lowest BCUT2D eigenvalue weighted by atomic mass is 10.1. The SMILES string of the molecule is O=C(c1ccc(-n2cccn2)cc1)c1cccs1. The van der Waals surface area contributed by atoms with Crippen molar-refractivity contribution in [3.63, 3.8) is 0 Å². The number of hydrogen-bond acceptors (Lipinski definition) is 3. The van der Waals surface area contributed by atoms with E-state index in [1.165, 1.54) is 11.3 Å². The van der Waals surface area contributed by atoms with Crippen molar-refractivity contribution >= 4 is 17.1 Å². The third-order valence-corrected chi connectivity index (χ3v) is 3.51. The van der Waals surface area contributed by atoms with E-state index < -0.39 is 0 Å². The third-order valence-electron chi connectivity index (χ3n) is 2.64. The van der Waals surface area contributed by atoms with Gasteiger partial charge in [0.05, 0.1) is 10.6 Å². The second kappa shape index (κ2) is 4.58. The Balaban J connectivity index is 1.90. The molecule has 0 aliphatic heterocycles.